The van der Waals surface area contributed by atoms with Gasteiger partial charge in [-0.1, -0.05) is 72.8 Å². The molecule has 2 nitrogen and oxygen atoms in total. The van der Waals surface area contributed by atoms with Gasteiger partial charge in [-0.2, -0.15) is 0 Å². The Morgan fingerprint density at radius 3 is 1.92 bits per heavy atom. The maximum Gasteiger partial charge on any atom is 0.127 e. The molecular formula is C23H22O2. The summed E-state index contributed by atoms with van der Waals surface area (Å²) in [5.41, 5.74) is 3.39. The fourth-order valence-electron chi connectivity index (χ4n) is 2.56. The van der Waals surface area contributed by atoms with Crippen LogP contribution in [0.4, 0.5) is 0 Å². The number of hydrogen-bond donors (Lipinski definition) is 0. The molecule has 126 valence electrons. The zero-order chi connectivity index (χ0) is 17.3. The standard InChI is InChI=1S/C23H22O2/c1-2-9-21-14-15-22(24-17-19-10-5-3-6-11-19)16-23(21)25-18-20-12-7-4-8-13-20/h2-8,10-16H,1,9,17-18H2. The minimum Gasteiger partial charge on any atom is -0.489 e. The monoisotopic (exact) mass is 330 g/mol. The number of benzene rings is 3. The quantitative estimate of drug-likeness (QED) is 0.502. The zero-order valence-corrected chi connectivity index (χ0v) is 14.2. The first-order chi connectivity index (χ1) is 12.3. The van der Waals surface area contributed by atoms with Crippen LogP contribution in [0.25, 0.3) is 0 Å². The van der Waals surface area contributed by atoms with E-state index in [1.165, 1.54) is 0 Å². The lowest BCUT2D eigenvalue weighted by Gasteiger charge is -2.13. The van der Waals surface area contributed by atoms with Crippen LogP contribution in [0.15, 0.2) is 91.5 Å². The molecule has 0 aliphatic rings. The third-order valence-corrected chi connectivity index (χ3v) is 3.89. The van der Waals surface area contributed by atoms with E-state index < -0.39 is 0 Å². The van der Waals surface area contributed by atoms with E-state index in [9.17, 15) is 0 Å². The summed E-state index contributed by atoms with van der Waals surface area (Å²) in [4.78, 5) is 0. The minimum absolute atomic E-state index is 0.535. The lowest BCUT2D eigenvalue weighted by molar-refractivity contribution is 0.288. The van der Waals surface area contributed by atoms with E-state index in [0.717, 1.165) is 34.6 Å². The molecule has 0 unspecified atom stereocenters. The first-order valence-corrected chi connectivity index (χ1v) is 8.42. The average Bonchev–Trinajstić information content (AvgIpc) is 2.68. The predicted molar refractivity (Wildman–Crippen MR) is 102 cm³/mol. The summed E-state index contributed by atoms with van der Waals surface area (Å²) in [6.07, 6.45) is 2.65. The van der Waals surface area contributed by atoms with E-state index in [2.05, 4.69) is 30.8 Å². The Bertz CT molecular complexity index is 795. The molecular weight excluding hydrogens is 308 g/mol. The van der Waals surface area contributed by atoms with Crippen LogP contribution in [-0.2, 0) is 19.6 Å². The van der Waals surface area contributed by atoms with Crippen molar-refractivity contribution in [2.45, 2.75) is 19.6 Å². The van der Waals surface area contributed by atoms with Crippen molar-refractivity contribution in [2.75, 3.05) is 0 Å². The molecule has 0 bridgehead atoms. The van der Waals surface area contributed by atoms with Gasteiger partial charge in [0.1, 0.15) is 24.7 Å². The van der Waals surface area contributed by atoms with Crippen LogP contribution in [0.2, 0.25) is 0 Å². The van der Waals surface area contributed by atoms with Crippen LogP contribution >= 0.6 is 0 Å². The highest BCUT2D eigenvalue weighted by Crippen LogP contribution is 2.27. The molecule has 0 amide bonds. The maximum atomic E-state index is 6.04. The molecule has 0 N–H and O–H groups in total. The van der Waals surface area contributed by atoms with Gasteiger partial charge in [0, 0.05) is 6.07 Å². The lowest BCUT2D eigenvalue weighted by atomic mass is 10.1. The molecule has 3 aromatic carbocycles. The van der Waals surface area contributed by atoms with Gasteiger partial charge < -0.3 is 9.47 Å². The van der Waals surface area contributed by atoms with Gasteiger partial charge in [-0.25, -0.2) is 0 Å². The molecule has 0 fully saturated rings. The molecule has 0 radical (unpaired) electrons. The van der Waals surface area contributed by atoms with Crippen LogP contribution in [0.1, 0.15) is 16.7 Å². The van der Waals surface area contributed by atoms with Gasteiger partial charge in [0.05, 0.1) is 0 Å². The average molecular weight is 330 g/mol. The summed E-state index contributed by atoms with van der Waals surface area (Å²) in [7, 11) is 0. The molecule has 3 rings (SSSR count). The van der Waals surface area contributed by atoms with E-state index in [-0.39, 0.29) is 0 Å². The van der Waals surface area contributed by atoms with Crippen molar-refractivity contribution in [3.63, 3.8) is 0 Å². The smallest absolute Gasteiger partial charge is 0.127 e. The normalized spacial score (nSPS) is 10.2. The van der Waals surface area contributed by atoms with Crippen molar-refractivity contribution >= 4 is 0 Å². The fraction of sp³-hybridized carbons (Fsp3) is 0.130. The molecule has 0 aliphatic heterocycles. The third kappa shape index (κ3) is 4.98. The Morgan fingerprint density at radius 2 is 1.32 bits per heavy atom. The Balaban J connectivity index is 1.71. The summed E-state index contributed by atoms with van der Waals surface area (Å²) < 4.78 is 12.0. The van der Waals surface area contributed by atoms with Gasteiger partial charge in [-0.05, 0) is 29.2 Å². The van der Waals surface area contributed by atoms with Gasteiger partial charge in [0.15, 0.2) is 0 Å². The second kappa shape index (κ2) is 8.74. The van der Waals surface area contributed by atoms with Crippen LogP contribution in [0.3, 0.4) is 0 Å². The molecule has 3 aromatic rings. The highest BCUT2D eigenvalue weighted by molar-refractivity contribution is 5.42. The Hall–Kier alpha value is -3.00. The number of allylic oxidation sites excluding steroid dienone is 1. The van der Waals surface area contributed by atoms with E-state index in [1.807, 2.05) is 60.7 Å². The number of ether oxygens (including phenoxy) is 2. The van der Waals surface area contributed by atoms with E-state index >= 15 is 0 Å². The Morgan fingerprint density at radius 1 is 0.720 bits per heavy atom. The molecule has 25 heavy (non-hydrogen) atoms. The summed E-state index contributed by atoms with van der Waals surface area (Å²) in [6, 6.07) is 26.3. The van der Waals surface area contributed by atoms with Crippen molar-refractivity contribution in [3.05, 3.63) is 108 Å². The first-order valence-electron chi connectivity index (χ1n) is 8.42. The van der Waals surface area contributed by atoms with Gasteiger partial charge in [0.25, 0.3) is 0 Å². The van der Waals surface area contributed by atoms with Crippen molar-refractivity contribution in [3.8, 4) is 11.5 Å². The number of rotatable bonds is 8. The molecule has 0 saturated carbocycles. The van der Waals surface area contributed by atoms with Crippen LogP contribution in [0, 0.1) is 0 Å². The molecule has 0 heterocycles. The topological polar surface area (TPSA) is 18.5 Å². The second-order valence-electron chi connectivity index (χ2n) is 5.81. The zero-order valence-electron chi connectivity index (χ0n) is 14.2. The Kier molecular flexibility index (Phi) is 5.89. The fourth-order valence-corrected chi connectivity index (χ4v) is 2.56. The summed E-state index contributed by atoms with van der Waals surface area (Å²) >= 11 is 0. The molecule has 0 atom stereocenters. The van der Waals surface area contributed by atoms with E-state index in [4.69, 9.17) is 9.47 Å². The van der Waals surface area contributed by atoms with E-state index in [1.54, 1.807) is 0 Å². The largest absolute Gasteiger partial charge is 0.489 e. The van der Waals surface area contributed by atoms with Crippen molar-refractivity contribution in [1.82, 2.24) is 0 Å². The minimum atomic E-state index is 0.535. The van der Waals surface area contributed by atoms with E-state index in [0.29, 0.717) is 13.2 Å². The second-order valence-corrected chi connectivity index (χ2v) is 5.81. The van der Waals surface area contributed by atoms with Gasteiger partial charge >= 0.3 is 0 Å². The van der Waals surface area contributed by atoms with Gasteiger partial charge in [-0.15, -0.1) is 6.58 Å². The lowest BCUT2D eigenvalue weighted by Crippen LogP contribution is -2.00. The van der Waals surface area contributed by atoms with Crippen LogP contribution < -0.4 is 9.47 Å². The highest BCUT2D eigenvalue weighted by atomic mass is 16.5. The number of hydrogen-bond acceptors (Lipinski definition) is 2. The van der Waals surface area contributed by atoms with Gasteiger partial charge in [0.2, 0.25) is 0 Å². The predicted octanol–water partition coefficient (Wildman–Crippen LogP) is 5.57. The summed E-state index contributed by atoms with van der Waals surface area (Å²) in [6.45, 7) is 4.90. The molecule has 0 aromatic heterocycles. The SMILES string of the molecule is C=CCc1ccc(OCc2ccccc2)cc1OCc1ccccc1. The molecule has 0 aliphatic carbocycles. The van der Waals surface area contributed by atoms with Gasteiger partial charge in [-0.3, -0.25) is 0 Å². The third-order valence-electron chi connectivity index (χ3n) is 3.89. The molecule has 0 spiro atoms. The van der Waals surface area contributed by atoms with Crippen LogP contribution in [-0.4, -0.2) is 0 Å². The highest BCUT2D eigenvalue weighted by Gasteiger charge is 2.06. The first kappa shape index (κ1) is 16.8. The van der Waals surface area contributed by atoms with Crippen molar-refractivity contribution in [2.24, 2.45) is 0 Å². The van der Waals surface area contributed by atoms with Crippen LogP contribution in [0.5, 0.6) is 11.5 Å². The van der Waals surface area contributed by atoms with Crippen molar-refractivity contribution in [1.29, 1.82) is 0 Å². The summed E-state index contributed by atoms with van der Waals surface area (Å²) in [5.74, 6) is 1.65. The summed E-state index contributed by atoms with van der Waals surface area (Å²) in [5, 5.41) is 0. The molecule has 0 saturated heterocycles. The Labute approximate surface area is 149 Å². The molecule has 2 heteroatoms. The maximum absolute atomic E-state index is 6.04. The van der Waals surface area contributed by atoms with Crippen molar-refractivity contribution < 1.29 is 9.47 Å².